The molecular formula is C9H9Cl2NO4. The molecule has 0 aromatic heterocycles. The van der Waals surface area contributed by atoms with Crippen LogP contribution in [-0.4, -0.2) is 22.7 Å². The predicted molar refractivity (Wildman–Crippen MR) is 60.3 cm³/mol. The molecule has 0 heterocycles. The highest BCUT2D eigenvalue weighted by atomic mass is 35.5. The molecule has 0 radical (unpaired) electrons. The molecular weight excluding hydrogens is 257 g/mol. The maximum atomic E-state index is 10.7. The molecule has 0 bridgehead atoms. The summed E-state index contributed by atoms with van der Waals surface area (Å²) in [6.07, 6.45) is -0.728. The molecule has 0 aliphatic rings. The van der Waals surface area contributed by atoms with Gasteiger partial charge in [0.2, 0.25) is 0 Å². The number of hydrogen-bond donors (Lipinski definition) is 1. The molecule has 0 aliphatic carbocycles. The highest BCUT2D eigenvalue weighted by Crippen LogP contribution is 2.35. The fraction of sp³-hybridized carbons (Fsp3) is 0.333. The summed E-state index contributed by atoms with van der Waals surface area (Å²) in [5.74, 6) is -0.0136. The number of benzene rings is 1. The lowest BCUT2D eigenvalue weighted by atomic mass is 10.3. The van der Waals surface area contributed by atoms with Crippen molar-refractivity contribution >= 4 is 28.9 Å². The van der Waals surface area contributed by atoms with Crippen molar-refractivity contribution in [1.29, 1.82) is 0 Å². The topological polar surface area (TPSA) is 72.6 Å². The van der Waals surface area contributed by atoms with Gasteiger partial charge in [-0.2, -0.15) is 0 Å². The van der Waals surface area contributed by atoms with Crippen molar-refractivity contribution in [3.8, 4) is 5.75 Å². The molecule has 0 saturated carbocycles. The van der Waals surface area contributed by atoms with Gasteiger partial charge in [-0.25, -0.2) is 0 Å². The third-order valence-corrected chi connectivity index (χ3v) is 2.40. The minimum absolute atomic E-state index is 0.0136. The molecule has 1 N–H and O–H groups in total. The first-order chi connectivity index (χ1) is 7.41. The smallest absolute Gasteiger partial charge is 0.312 e. The van der Waals surface area contributed by atoms with E-state index in [1.165, 1.54) is 13.0 Å². The maximum Gasteiger partial charge on any atom is 0.312 e. The van der Waals surface area contributed by atoms with Gasteiger partial charge in [0.05, 0.1) is 21.1 Å². The van der Waals surface area contributed by atoms with Gasteiger partial charge >= 0.3 is 5.69 Å². The summed E-state index contributed by atoms with van der Waals surface area (Å²) in [5.41, 5.74) is -0.282. The van der Waals surface area contributed by atoms with E-state index in [1.807, 2.05) is 0 Å². The van der Waals surface area contributed by atoms with Gasteiger partial charge in [0.1, 0.15) is 6.61 Å². The number of halogens is 2. The third kappa shape index (κ3) is 3.23. The van der Waals surface area contributed by atoms with E-state index in [1.54, 1.807) is 0 Å². The fourth-order valence-corrected chi connectivity index (χ4v) is 1.30. The van der Waals surface area contributed by atoms with Crippen LogP contribution in [-0.2, 0) is 0 Å². The van der Waals surface area contributed by atoms with Crippen molar-refractivity contribution in [2.75, 3.05) is 6.61 Å². The van der Waals surface area contributed by atoms with E-state index >= 15 is 0 Å². The lowest BCUT2D eigenvalue weighted by Gasteiger charge is -2.09. The summed E-state index contributed by atoms with van der Waals surface area (Å²) in [6.45, 7) is 1.45. The van der Waals surface area contributed by atoms with Gasteiger partial charge in [0, 0.05) is 12.1 Å². The average molecular weight is 266 g/mol. The van der Waals surface area contributed by atoms with Gasteiger partial charge in [-0.05, 0) is 6.92 Å². The Morgan fingerprint density at radius 1 is 1.50 bits per heavy atom. The molecule has 0 spiro atoms. The Hall–Kier alpha value is -1.04. The van der Waals surface area contributed by atoms with Gasteiger partial charge in [-0.15, -0.1) is 0 Å². The fourth-order valence-electron chi connectivity index (χ4n) is 0.987. The monoisotopic (exact) mass is 265 g/mol. The van der Waals surface area contributed by atoms with Crippen LogP contribution in [0.2, 0.25) is 10.0 Å². The van der Waals surface area contributed by atoms with E-state index in [0.717, 1.165) is 6.07 Å². The number of aliphatic hydroxyl groups is 1. The molecule has 0 fully saturated rings. The minimum atomic E-state index is -0.728. The third-order valence-electron chi connectivity index (χ3n) is 1.68. The van der Waals surface area contributed by atoms with Gasteiger partial charge in [0.25, 0.3) is 0 Å². The second-order valence-corrected chi connectivity index (χ2v) is 3.97. The lowest BCUT2D eigenvalue weighted by Crippen LogP contribution is -2.13. The van der Waals surface area contributed by atoms with Crippen LogP contribution < -0.4 is 4.74 Å². The van der Waals surface area contributed by atoms with Gasteiger partial charge in [-0.1, -0.05) is 23.2 Å². The van der Waals surface area contributed by atoms with Crippen LogP contribution >= 0.6 is 23.2 Å². The Labute approximate surface area is 102 Å². The van der Waals surface area contributed by atoms with Crippen LogP contribution in [0.15, 0.2) is 12.1 Å². The number of nitro benzene ring substituents is 1. The minimum Gasteiger partial charge on any atom is -0.484 e. The van der Waals surface area contributed by atoms with Crippen molar-refractivity contribution in [2.24, 2.45) is 0 Å². The summed E-state index contributed by atoms with van der Waals surface area (Å²) < 4.78 is 5.06. The second-order valence-electron chi connectivity index (χ2n) is 3.15. The first-order valence-electron chi connectivity index (χ1n) is 4.36. The standard InChI is InChI=1S/C9H9Cl2NO4/c1-5(13)4-16-9-3-7(11)6(10)2-8(9)12(14)15/h2-3,5,13H,4H2,1H3/t5-/m0/s1. The number of hydrogen-bond acceptors (Lipinski definition) is 4. The molecule has 0 aliphatic heterocycles. The summed E-state index contributed by atoms with van der Waals surface area (Å²) in [6, 6.07) is 2.37. The first kappa shape index (κ1) is 13.0. The molecule has 5 nitrogen and oxygen atoms in total. The summed E-state index contributed by atoms with van der Waals surface area (Å²) in [4.78, 5) is 10.1. The zero-order valence-corrected chi connectivity index (χ0v) is 9.83. The molecule has 88 valence electrons. The highest BCUT2D eigenvalue weighted by molar-refractivity contribution is 6.42. The number of nitro groups is 1. The molecule has 1 atom stereocenters. The first-order valence-corrected chi connectivity index (χ1v) is 5.11. The lowest BCUT2D eigenvalue weighted by molar-refractivity contribution is -0.385. The van der Waals surface area contributed by atoms with Crippen molar-refractivity contribution in [3.05, 3.63) is 32.3 Å². The Morgan fingerprint density at radius 2 is 2.06 bits per heavy atom. The van der Waals surface area contributed by atoms with E-state index in [4.69, 9.17) is 33.0 Å². The maximum absolute atomic E-state index is 10.7. The van der Waals surface area contributed by atoms with Crippen LogP contribution in [0, 0.1) is 10.1 Å². The summed E-state index contributed by atoms with van der Waals surface area (Å²) in [5, 5.41) is 19.9. The normalized spacial score (nSPS) is 12.2. The Balaban J connectivity index is 3.05. The number of ether oxygens (including phenoxy) is 1. The van der Waals surface area contributed by atoms with E-state index < -0.39 is 11.0 Å². The van der Waals surface area contributed by atoms with E-state index in [-0.39, 0.29) is 28.1 Å². The largest absolute Gasteiger partial charge is 0.484 e. The van der Waals surface area contributed by atoms with Crippen LogP contribution in [0.25, 0.3) is 0 Å². The number of nitrogens with zero attached hydrogens (tertiary/aromatic N) is 1. The van der Waals surface area contributed by atoms with E-state index in [2.05, 4.69) is 0 Å². The quantitative estimate of drug-likeness (QED) is 0.671. The van der Waals surface area contributed by atoms with Crippen molar-refractivity contribution in [1.82, 2.24) is 0 Å². The zero-order valence-electron chi connectivity index (χ0n) is 8.31. The number of aliphatic hydroxyl groups excluding tert-OH is 1. The Kier molecular flexibility index (Phi) is 4.35. The summed E-state index contributed by atoms with van der Waals surface area (Å²) in [7, 11) is 0. The van der Waals surface area contributed by atoms with Crippen LogP contribution in [0.1, 0.15) is 6.92 Å². The molecule has 1 aromatic rings. The van der Waals surface area contributed by atoms with E-state index in [9.17, 15) is 10.1 Å². The molecule has 0 amide bonds. The molecule has 7 heteroatoms. The van der Waals surface area contributed by atoms with Crippen LogP contribution in [0.4, 0.5) is 5.69 Å². The van der Waals surface area contributed by atoms with Gasteiger partial charge < -0.3 is 9.84 Å². The SMILES string of the molecule is C[C@H](O)COc1cc(Cl)c(Cl)cc1[N+](=O)[O-]. The molecule has 1 aromatic carbocycles. The molecule has 16 heavy (non-hydrogen) atoms. The molecule has 0 saturated heterocycles. The summed E-state index contributed by atoms with van der Waals surface area (Å²) >= 11 is 11.4. The average Bonchev–Trinajstić information content (AvgIpc) is 2.18. The van der Waals surface area contributed by atoms with Crippen molar-refractivity contribution in [2.45, 2.75) is 13.0 Å². The zero-order chi connectivity index (χ0) is 12.3. The molecule has 0 unspecified atom stereocenters. The predicted octanol–water partition coefficient (Wildman–Crippen LogP) is 2.66. The highest BCUT2D eigenvalue weighted by Gasteiger charge is 2.18. The van der Waals surface area contributed by atoms with Crippen molar-refractivity contribution in [3.63, 3.8) is 0 Å². The second kappa shape index (κ2) is 5.34. The van der Waals surface area contributed by atoms with Crippen LogP contribution in [0.3, 0.4) is 0 Å². The van der Waals surface area contributed by atoms with Gasteiger partial charge in [-0.3, -0.25) is 10.1 Å². The Morgan fingerprint density at radius 3 is 2.56 bits per heavy atom. The van der Waals surface area contributed by atoms with Crippen molar-refractivity contribution < 1.29 is 14.8 Å². The number of rotatable bonds is 4. The van der Waals surface area contributed by atoms with E-state index in [0.29, 0.717) is 0 Å². The Bertz CT molecular complexity index is 409. The van der Waals surface area contributed by atoms with Crippen LogP contribution in [0.5, 0.6) is 5.75 Å². The molecule has 1 rings (SSSR count). The van der Waals surface area contributed by atoms with Gasteiger partial charge in [0.15, 0.2) is 5.75 Å².